The summed E-state index contributed by atoms with van der Waals surface area (Å²) in [5, 5.41) is 11.2. The molecule has 0 aromatic carbocycles. The number of nitrogens with two attached hydrogens (primary N) is 1. The van der Waals surface area contributed by atoms with Crippen molar-refractivity contribution in [3.05, 3.63) is 0 Å². The van der Waals surface area contributed by atoms with Crippen LogP contribution in [0.4, 0.5) is 0 Å². The van der Waals surface area contributed by atoms with E-state index in [-0.39, 0.29) is 30.3 Å². The van der Waals surface area contributed by atoms with Crippen LogP contribution < -0.4 is 11.1 Å². The van der Waals surface area contributed by atoms with Crippen LogP contribution in [0.25, 0.3) is 0 Å². The lowest BCUT2D eigenvalue weighted by molar-refractivity contribution is -0.124. The SMILES string of the molecule is CC(C)(C)C(N)C(=O)NCCCO.Cl. The van der Waals surface area contributed by atoms with Crippen molar-refractivity contribution in [2.45, 2.75) is 33.2 Å². The third kappa shape index (κ3) is 6.18. The number of hydrogen-bond donors (Lipinski definition) is 3. The first-order valence-electron chi connectivity index (χ1n) is 4.53. The van der Waals surface area contributed by atoms with Gasteiger partial charge in [0, 0.05) is 13.2 Å². The Morgan fingerprint density at radius 1 is 1.50 bits per heavy atom. The van der Waals surface area contributed by atoms with Gasteiger partial charge in [-0.05, 0) is 11.8 Å². The van der Waals surface area contributed by atoms with Gasteiger partial charge in [-0.15, -0.1) is 12.4 Å². The fourth-order valence-electron chi connectivity index (χ4n) is 0.794. The third-order valence-corrected chi connectivity index (χ3v) is 1.85. The maximum Gasteiger partial charge on any atom is 0.237 e. The monoisotopic (exact) mass is 224 g/mol. The van der Waals surface area contributed by atoms with E-state index in [2.05, 4.69) is 5.32 Å². The van der Waals surface area contributed by atoms with E-state index in [9.17, 15) is 4.79 Å². The van der Waals surface area contributed by atoms with Gasteiger partial charge in [0.2, 0.25) is 5.91 Å². The van der Waals surface area contributed by atoms with Gasteiger partial charge in [-0.1, -0.05) is 20.8 Å². The molecule has 0 aromatic heterocycles. The van der Waals surface area contributed by atoms with Crippen molar-refractivity contribution in [2.24, 2.45) is 11.1 Å². The number of nitrogens with one attached hydrogen (secondary N) is 1. The Labute approximate surface area is 91.7 Å². The summed E-state index contributed by atoms with van der Waals surface area (Å²) >= 11 is 0. The highest BCUT2D eigenvalue weighted by Crippen LogP contribution is 2.16. The molecule has 86 valence electrons. The van der Waals surface area contributed by atoms with Crippen LogP contribution in [0, 0.1) is 5.41 Å². The zero-order valence-electron chi connectivity index (χ0n) is 9.04. The smallest absolute Gasteiger partial charge is 0.237 e. The molecule has 0 radical (unpaired) electrons. The fourth-order valence-corrected chi connectivity index (χ4v) is 0.794. The molecule has 4 N–H and O–H groups in total. The van der Waals surface area contributed by atoms with Crippen LogP contribution in [0.1, 0.15) is 27.2 Å². The minimum atomic E-state index is -0.494. The van der Waals surface area contributed by atoms with Crippen LogP contribution in [0.5, 0.6) is 0 Å². The number of amides is 1. The van der Waals surface area contributed by atoms with Gasteiger partial charge in [0.25, 0.3) is 0 Å². The predicted octanol–water partition coefficient (Wildman–Crippen LogP) is 0.280. The number of carbonyl (C=O) groups excluding carboxylic acids is 1. The number of hydrogen-bond acceptors (Lipinski definition) is 3. The summed E-state index contributed by atoms with van der Waals surface area (Å²) in [6.45, 7) is 6.33. The lowest BCUT2D eigenvalue weighted by Crippen LogP contribution is -2.48. The van der Waals surface area contributed by atoms with E-state index in [0.29, 0.717) is 13.0 Å². The van der Waals surface area contributed by atoms with Gasteiger partial charge in [-0.3, -0.25) is 4.79 Å². The molecular weight excluding hydrogens is 204 g/mol. The number of aliphatic hydroxyl groups excluding tert-OH is 1. The summed E-state index contributed by atoms with van der Waals surface area (Å²) in [7, 11) is 0. The van der Waals surface area contributed by atoms with E-state index in [1.165, 1.54) is 0 Å². The molecule has 0 heterocycles. The second kappa shape index (κ2) is 7.04. The molecule has 4 nitrogen and oxygen atoms in total. The van der Waals surface area contributed by atoms with Gasteiger partial charge in [-0.25, -0.2) is 0 Å². The van der Waals surface area contributed by atoms with E-state index in [4.69, 9.17) is 10.8 Å². The molecule has 0 fully saturated rings. The molecule has 0 rings (SSSR count). The Bertz CT molecular complexity index is 169. The first kappa shape index (κ1) is 16.1. The topological polar surface area (TPSA) is 75.4 Å². The molecule has 1 atom stereocenters. The first-order valence-corrected chi connectivity index (χ1v) is 4.53. The molecule has 1 unspecified atom stereocenters. The second-order valence-corrected chi connectivity index (χ2v) is 4.21. The molecule has 5 heteroatoms. The zero-order valence-corrected chi connectivity index (χ0v) is 9.86. The highest BCUT2D eigenvalue weighted by molar-refractivity contribution is 5.85. The molecule has 0 saturated carbocycles. The quantitative estimate of drug-likeness (QED) is 0.601. The third-order valence-electron chi connectivity index (χ3n) is 1.85. The molecule has 0 saturated heterocycles. The van der Waals surface area contributed by atoms with E-state index in [0.717, 1.165) is 0 Å². The summed E-state index contributed by atoms with van der Waals surface area (Å²) in [5.74, 6) is -0.152. The Morgan fingerprint density at radius 3 is 2.36 bits per heavy atom. The summed E-state index contributed by atoms with van der Waals surface area (Å²) in [4.78, 5) is 11.3. The summed E-state index contributed by atoms with van der Waals surface area (Å²) in [6.07, 6.45) is 0.572. The van der Waals surface area contributed by atoms with Gasteiger partial charge >= 0.3 is 0 Å². The predicted molar refractivity (Wildman–Crippen MR) is 59.4 cm³/mol. The van der Waals surface area contributed by atoms with Crippen molar-refractivity contribution in [1.29, 1.82) is 0 Å². The minimum Gasteiger partial charge on any atom is -0.396 e. The van der Waals surface area contributed by atoms with E-state index >= 15 is 0 Å². The van der Waals surface area contributed by atoms with E-state index < -0.39 is 6.04 Å². The average Bonchev–Trinajstić information content (AvgIpc) is 2.01. The molecule has 14 heavy (non-hydrogen) atoms. The second-order valence-electron chi connectivity index (χ2n) is 4.21. The zero-order chi connectivity index (χ0) is 10.5. The Morgan fingerprint density at radius 2 is 2.00 bits per heavy atom. The van der Waals surface area contributed by atoms with Crippen molar-refractivity contribution < 1.29 is 9.90 Å². The standard InChI is InChI=1S/C9H20N2O2.ClH/c1-9(2,3)7(10)8(13)11-5-4-6-12;/h7,12H,4-6,10H2,1-3H3,(H,11,13);1H. The number of carbonyl (C=O) groups is 1. The largest absolute Gasteiger partial charge is 0.396 e. The number of halogens is 1. The maximum atomic E-state index is 11.3. The maximum absolute atomic E-state index is 11.3. The highest BCUT2D eigenvalue weighted by Gasteiger charge is 2.26. The molecule has 0 aromatic rings. The normalized spacial score (nSPS) is 12.9. The lowest BCUT2D eigenvalue weighted by atomic mass is 9.87. The van der Waals surface area contributed by atoms with Crippen molar-refractivity contribution >= 4 is 18.3 Å². The van der Waals surface area contributed by atoms with E-state index in [1.54, 1.807) is 0 Å². The van der Waals surface area contributed by atoms with Crippen LogP contribution >= 0.6 is 12.4 Å². The minimum absolute atomic E-state index is 0. The molecule has 0 spiro atoms. The van der Waals surface area contributed by atoms with Crippen LogP contribution in [0.15, 0.2) is 0 Å². The lowest BCUT2D eigenvalue weighted by Gasteiger charge is -2.25. The summed E-state index contributed by atoms with van der Waals surface area (Å²) < 4.78 is 0. The van der Waals surface area contributed by atoms with Gasteiger partial charge in [-0.2, -0.15) is 0 Å². The fraction of sp³-hybridized carbons (Fsp3) is 0.889. The van der Waals surface area contributed by atoms with Crippen LogP contribution in [-0.2, 0) is 4.79 Å². The van der Waals surface area contributed by atoms with Gasteiger partial charge < -0.3 is 16.2 Å². The molecule has 0 bridgehead atoms. The average molecular weight is 225 g/mol. The van der Waals surface area contributed by atoms with Gasteiger partial charge in [0.15, 0.2) is 0 Å². The van der Waals surface area contributed by atoms with Crippen molar-refractivity contribution in [2.75, 3.05) is 13.2 Å². The van der Waals surface area contributed by atoms with Crippen LogP contribution in [-0.4, -0.2) is 30.2 Å². The number of rotatable bonds is 4. The van der Waals surface area contributed by atoms with Crippen molar-refractivity contribution in [3.8, 4) is 0 Å². The van der Waals surface area contributed by atoms with Gasteiger partial charge in [0.1, 0.15) is 0 Å². The Balaban J connectivity index is 0. The molecule has 1 amide bonds. The Hall–Kier alpha value is -0.320. The van der Waals surface area contributed by atoms with Gasteiger partial charge in [0.05, 0.1) is 6.04 Å². The molecule has 0 aliphatic rings. The molecule has 0 aliphatic carbocycles. The van der Waals surface area contributed by atoms with Crippen LogP contribution in [0.3, 0.4) is 0 Å². The number of aliphatic hydroxyl groups is 1. The Kier molecular flexibility index (Phi) is 8.10. The highest BCUT2D eigenvalue weighted by atomic mass is 35.5. The molecule has 0 aliphatic heterocycles. The summed E-state index contributed by atoms with van der Waals surface area (Å²) in [6, 6.07) is -0.494. The van der Waals surface area contributed by atoms with Crippen LogP contribution in [0.2, 0.25) is 0 Å². The van der Waals surface area contributed by atoms with Crippen molar-refractivity contribution in [1.82, 2.24) is 5.32 Å². The summed E-state index contributed by atoms with van der Waals surface area (Å²) in [5.41, 5.74) is 5.48. The van der Waals surface area contributed by atoms with E-state index in [1.807, 2.05) is 20.8 Å². The first-order chi connectivity index (χ1) is 5.89. The van der Waals surface area contributed by atoms with Crippen molar-refractivity contribution in [3.63, 3.8) is 0 Å². The molecular formula is C9H21ClN2O2.